The van der Waals surface area contributed by atoms with Crippen LogP contribution in [-0.4, -0.2) is 9.95 Å². The van der Waals surface area contributed by atoms with E-state index in [0.717, 1.165) is 0 Å². The maximum absolute atomic E-state index is 5.34. The first-order chi connectivity index (χ1) is 3.42. The van der Waals surface area contributed by atoms with Crippen LogP contribution in [0.3, 0.4) is 0 Å². The highest BCUT2D eigenvalue weighted by atomic mass is 35.9. The lowest BCUT2D eigenvalue weighted by Gasteiger charge is -2.08. The monoisotopic (exact) mass is 232 g/mol. The van der Waals surface area contributed by atoms with Crippen molar-refractivity contribution < 1.29 is 0 Å². The fourth-order valence-electron chi connectivity index (χ4n) is 0.136. The second-order valence-corrected chi connectivity index (χ2v) is 7.48. The van der Waals surface area contributed by atoms with E-state index in [0.29, 0.717) is 0 Å². The van der Waals surface area contributed by atoms with Crippen LogP contribution in [0.15, 0.2) is 0 Å². The molecule has 0 aliphatic carbocycles. The molecule has 0 bridgehead atoms. The second-order valence-electron chi connectivity index (χ2n) is 1.08. The molecule has 0 saturated carbocycles. The minimum atomic E-state index is -1.30. The Morgan fingerprint density at radius 2 is 1.50 bits per heavy atom. The van der Waals surface area contributed by atoms with Gasteiger partial charge in [-0.1, -0.05) is 57.3 Å². The maximum atomic E-state index is 5.34. The summed E-state index contributed by atoms with van der Waals surface area (Å²) in [4.78, 5) is 0. The van der Waals surface area contributed by atoms with Gasteiger partial charge in [0.2, 0.25) is 0 Å². The van der Waals surface area contributed by atoms with Crippen LogP contribution in [0.25, 0.3) is 0 Å². The molecule has 0 N–H and O–H groups in total. The Morgan fingerprint density at radius 3 is 1.50 bits per heavy atom. The first-order valence-electron chi connectivity index (χ1n) is 1.57. The van der Waals surface area contributed by atoms with Gasteiger partial charge in [0.25, 0.3) is 0 Å². The standard InChI is InChI=1S/C2H2Cl5P/c3-2(4,5)1-8(6)7/h1H2. The minimum absolute atomic E-state index is 0.218. The molecule has 0 aliphatic rings. The summed E-state index contributed by atoms with van der Waals surface area (Å²) in [5.41, 5.74) is 0. The van der Waals surface area contributed by atoms with E-state index >= 15 is 0 Å². The average molecular weight is 234 g/mol. The van der Waals surface area contributed by atoms with Crippen LogP contribution in [0.5, 0.6) is 0 Å². The van der Waals surface area contributed by atoms with Crippen LogP contribution in [0.4, 0.5) is 0 Å². The van der Waals surface area contributed by atoms with Gasteiger partial charge in [-0.05, 0) is 0 Å². The molecule has 0 atom stereocenters. The average Bonchev–Trinajstić information content (AvgIpc) is 1.21. The summed E-state index contributed by atoms with van der Waals surface area (Å²) in [5.74, 6) is 0. The fourth-order valence-corrected chi connectivity index (χ4v) is 3.66. The van der Waals surface area contributed by atoms with Crippen LogP contribution in [-0.2, 0) is 0 Å². The number of hydrogen-bond acceptors (Lipinski definition) is 0. The van der Waals surface area contributed by atoms with Crippen molar-refractivity contribution in [1.82, 2.24) is 0 Å². The van der Waals surface area contributed by atoms with Crippen molar-refractivity contribution >= 4 is 63.9 Å². The van der Waals surface area contributed by atoms with Gasteiger partial charge >= 0.3 is 0 Å². The lowest BCUT2D eigenvalue weighted by molar-refractivity contribution is 1.29. The Kier molecular flexibility index (Phi) is 4.83. The SMILES string of the molecule is ClP(Cl)CC(Cl)(Cl)Cl. The molecule has 0 aliphatic heterocycles. The molecule has 8 heavy (non-hydrogen) atoms. The molecule has 0 aromatic carbocycles. The molecule has 0 saturated heterocycles. The summed E-state index contributed by atoms with van der Waals surface area (Å²) < 4.78 is -1.30. The molecule has 0 nitrogen and oxygen atoms in total. The Balaban J connectivity index is 3.39. The van der Waals surface area contributed by atoms with Crippen molar-refractivity contribution in [2.45, 2.75) is 3.79 Å². The highest BCUT2D eigenvalue weighted by Gasteiger charge is 2.22. The molecule has 0 amide bonds. The molecule has 6 heteroatoms. The third-order valence-corrected chi connectivity index (χ3v) is 2.69. The molecule has 0 aromatic rings. The first kappa shape index (κ1) is 9.88. The van der Waals surface area contributed by atoms with Crippen molar-refractivity contribution in [3.05, 3.63) is 0 Å². The Hall–Kier alpha value is 1.88. The summed E-state index contributed by atoms with van der Waals surface area (Å²) in [6, 6.07) is 0. The van der Waals surface area contributed by atoms with E-state index in [-0.39, 0.29) is 6.16 Å². The lowest BCUT2D eigenvalue weighted by atomic mass is 10.9. The highest BCUT2D eigenvalue weighted by molar-refractivity contribution is 8.04. The molecule has 0 aromatic heterocycles. The van der Waals surface area contributed by atoms with Gasteiger partial charge in [-0.3, -0.25) is 0 Å². The highest BCUT2D eigenvalue weighted by Crippen LogP contribution is 2.52. The van der Waals surface area contributed by atoms with Crippen LogP contribution < -0.4 is 0 Å². The topological polar surface area (TPSA) is 0 Å². The third kappa shape index (κ3) is 7.88. The molecule has 0 rings (SSSR count). The second kappa shape index (κ2) is 3.91. The molecule has 0 unspecified atom stereocenters. The zero-order valence-electron chi connectivity index (χ0n) is 3.54. The number of halogens is 5. The van der Waals surface area contributed by atoms with Gasteiger partial charge in [-0.2, -0.15) is 0 Å². The fraction of sp³-hybridized carbons (Fsp3) is 1.00. The van der Waals surface area contributed by atoms with E-state index in [2.05, 4.69) is 0 Å². The molecule has 0 spiro atoms. The van der Waals surface area contributed by atoms with E-state index in [9.17, 15) is 0 Å². The van der Waals surface area contributed by atoms with E-state index in [1.807, 2.05) is 0 Å². The summed E-state index contributed by atoms with van der Waals surface area (Å²) >= 11 is 26.6. The summed E-state index contributed by atoms with van der Waals surface area (Å²) in [6.45, 7) is -1.14. The minimum Gasteiger partial charge on any atom is -0.0832 e. The smallest absolute Gasteiger partial charge is 0.0832 e. The van der Waals surface area contributed by atoms with Crippen molar-refractivity contribution in [3.8, 4) is 0 Å². The first-order valence-corrected chi connectivity index (χ1v) is 6.05. The normalized spacial score (nSPS) is 12.8. The Bertz CT molecular complexity index is 65.3. The predicted molar refractivity (Wildman–Crippen MR) is 43.8 cm³/mol. The molecule has 0 heterocycles. The summed E-state index contributed by atoms with van der Waals surface area (Å²) in [5, 5.41) is 0. The number of alkyl halides is 3. The van der Waals surface area contributed by atoms with Crippen molar-refractivity contribution in [1.29, 1.82) is 0 Å². The Morgan fingerprint density at radius 1 is 1.12 bits per heavy atom. The van der Waals surface area contributed by atoms with Gasteiger partial charge in [0, 0.05) is 6.16 Å². The molecule has 0 fully saturated rings. The third-order valence-electron chi connectivity index (χ3n) is 0.299. The van der Waals surface area contributed by atoms with Crippen LogP contribution in [0, 0.1) is 0 Å². The summed E-state index contributed by atoms with van der Waals surface area (Å²) in [7, 11) is 0. The maximum Gasteiger partial charge on any atom is 0.196 e. The number of hydrogen-bond donors (Lipinski definition) is 0. The van der Waals surface area contributed by atoms with E-state index in [4.69, 9.17) is 57.3 Å². The quantitative estimate of drug-likeness (QED) is 0.472. The van der Waals surface area contributed by atoms with E-state index in [1.165, 1.54) is 0 Å². The van der Waals surface area contributed by atoms with Gasteiger partial charge in [0.15, 0.2) is 3.79 Å². The predicted octanol–water partition coefficient (Wildman–Crippen LogP) is 4.15. The van der Waals surface area contributed by atoms with Gasteiger partial charge in [-0.15, -0.1) is 0 Å². The van der Waals surface area contributed by atoms with E-state index in [1.54, 1.807) is 0 Å². The molecule has 0 radical (unpaired) electrons. The molecular formula is C2H2Cl5P. The zero-order chi connectivity index (χ0) is 6.78. The van der Waals surface area contributed by atoms with Crippen molar-refractivity contribution in [3.63, 3.8) is 0 Å². The van der Waals surface area contributed by atoms with E-state index < -0.39 is 10.4 Å². The van der Waals surface area contributed by atoms with Gasteiger partial charge in [0.05, 0.1) is 6.63 Å². The largest absolute Gasteiger partial charge is 0.196 e. The van der Waals surface area contributed by atoms with Crippen LogP contribution >= 0.6 is 63.9 Å². The Labute approximate surface area is 73.7 Å². The van der Waals surface area contributed by atoms with Crippen LogP contribution in [0.2, 0.25) is 0 Å². The van der Waals surface area contributed by atoms with Crippen molar-refractivity contribution in [2.75, 3.05) is 6.16 Å². The lowest BCUT2D eigenvalue weighted by Crippen LogP contribution is -2.03. The molecular weight excluding hydrogens is 232 g/mol. The van der Waals surface area contributed by atoms with Gasteiger partial charge < -0.3 is 0 Å². The van der Waals surface area contributed by atoms with Gasteiger partial charge in [-0.25, -0.2) is 0 Å². The van der Waals surface area contributed by atoms with Crippen LogP contribution in [0.1, 0.15) is 0 Å². The number of rotatable bonds is 1. The van der Waals surface area contributed by atoms with Crippen molar-refractivity contribution in [2.24, 2.45) is 0 Å². The summed E-state index contributed by atoms with van der Waals surface area (Å²) in [6.07, 6.45) is 0.218. The zero-order valence-corrected chi connectivity index (χ0v) is 8.22. The molecule has 50 valence electrons. The van der Waals surface area contributed by atoms with Gasteiger partial charge in [0.1, 0.15) is 0 Å².